The second-order valence-electron chi connectivity index (χ2n) is 0.904. The first-order chi connectivity index (χ1) is 3.31. The highest BCUT2D eigenvalue weighted by molar-refractivity contribution is 6.27. The van der Waals surface area contributed by atoms with Crippen molar-refractivity contribution in [2.24, 2.45) is 10.2 Å². The summed E-state index contributed by atoms with van der Waals surface area (Å²) in [4.78, 5) is 0. The molecule has 42 valence electrons. The van der Waals surface area contributed by atoms with E-state index in [1.807, 2.05) is 0 Å². The predicted molar refractivity (Wildman–Crippen MR) is 31.1 cm³/mol. The summed E-state index contributed by atoms with van der Waals surface area (Å²) in [6.07, 6.45) is 0. The maximum atomic E-state index is 5.37. The molecular weight excluding hydrogens is 135 g/mol. The summed E-state index contributed by atoms with van der Waals surface area (Å²) in [5, 5.41) is 6.92. The summed E-state index contributed by atoms with van der Waals surface area (Å²) in [7, 11) is 1.56. The van der Waals surface area contributed by atoms with Crippen molar-refractivity contribution in [1.82, 2.24) is 0 Å². The fourth-order valence-electron chi connectivity index (χ4n) is 0.156. The van der Waals surface area contributed by atoms with Crippen molar-refractivity contribution >= 4 is 23.2 Å². The Morgan fingerprint density at radius 1 is 1.71 bits per heavy atom. The quantitative estimate of drug-likeness (QED) is 0.318. The van der Waals surface area contributed by atoms with E-state index >= 15 is 0 Å². The summed E-state index contributed by atoms with van der Waals surface area (Å²) < 4.78 is 0. The van der Waals surface area contributed by atoms with E-state index in [1.54, 1.807) is 7.05 Å². The number of halogens is 2. The van der Waals surface area contributed by atoms with Crippen molar-refractivity contribution in [3.8, 4) is 0 Å². The molecule has 0 heterocycles. The Hall–Kier alpha value is 0.180. The third-order valence-electron chi connectivity index (χ3n) is 0.368. The van der Waals surface area contributed by atoms with Crippen LogP contribution >= 0.6 is 23.2 Å². The van der Waals surface area contributed by atoms with E-state index in [0.717, 1.165) is 0 Å². The largest absolute Gasteiger partial charge is 0.196 e. The van der Waals surface area contributed by atoms with Crippen LogP contribution in [-0.4, -0.2) is 18.4 Å². The number of alkyl halides is 2. The zero-order chi connectivity index (χ0) is 5.70. The maximum absolute atomic E-state index is 5.37. The smallest absolute Gasteiger partial charge is 0.157 e. The van der Waals surface area contributed by atoms with Crippen LogP contribution in [0.15, 0.2) is 10.2 Å². The molecule has 0 aromatic rings. The van der Waals surface area contributed by atoms with E-state index in [1.165, 1.54) is 0 Å². The van der Waals surface area contributed by atoms with Gasteiger partial charge in [0.15, 0.2) is 5.50 Å². The Bertz CT molecular complexity index is 64.0. The molecule has 1 atom stereocenters. The van der Waals surface area contributed by atoms with Crippen LogP contribution in [0.5, 0.6) is 0 Å². The van der Waals surface area contributed by atoms with E-state index in [4.69, 9.17) is 23.2 Å². The molecule has 0 spiro atoms. The lowest BCUT2D eigenvalue weighted by Crippen LogP contribution is -1.91. The van der Waals surface area contributed by atoms with E-state index in [0.29, 0.717) is 5.88 Å². The molecule has 1 unspecified atom stereocenters. The summed E-state index contributed by atoms with van der Waals surface area (Å²) in [5.41, 5.74) is -0.355. The van der Waals surface area contributed by atoms with E-state index in [-0.39, 0.29) is 5.50 Å². The number of hydrogen-bond donors (Lipinski definition) is 0. The molecule has 0 saturated heterocycles. The highest BCUT2D eigenvalue weighted by Crippen LogP contribution is 1.98. The molecule has 4 heteroatoms. The number of nitrogens with zero attached hydrogens (tertiary/aromatic N) is 2. The molecule has 0 N–H and O–H groups in total. The van der Waals surface area contributed by atoms with Gasteiger partial charge < -0.3 is 0 Å². The van der Waals surface area contributed by atoms with Crippen LogP contribution in [0.1, 0.15) is 0 Å². The summed E-state index contributed by atoms with van der Waals surface area (Å²) in [6, 6.07) is 0. The monoisotopic (exact) mass is 140 g/mol. The van der Waals surface area contributed by atoms with Crippen molar-refractivity contribution in [3.05, 3.63) is 0 Å². The standard InChI is InChI=1S/C3H6Cl2N2/c1-6-7-3(5)2-4/h3H,2H2,1H3. The van der Waals surface area contributed by atoms with Crippen LogP contribution in [0.4, 0.5) is 0 Å². The van der Waals surface area contributed by atoms with Gasteiger partial charge in [0.1, 0.15) is 0 Å². The Morgan fingerprint density at radius 3 is 2.43 bits per heavy atom. The molecule has 0 aromatic carbocycles. The van der Waals surface area contributed by atoms with E-state index < -0.39 is 0 Å². The van der Waals surface area contributed by atoms with Gasteiger partial charge in [-0.3, -0.25) is 0 Å². The summed E-state index contributed by atoms with van der Waals surface area (Å²) >= 11 is 10.6. The topological polar surface area (TPSA) is 24.7 Å². The number of hydrogen-bond acceptors (Lipinski definition) is 2. The molecular formula is C3H6Cl2N2. The Kier molecular flexibility index (Phi) is 4.45. The molecule has 0 rings (SSSR count). The van der Waals surface area contributed by atoms with Crippen molar-refractivity contribution in [1.29, 1.82) is 0 Å². The fourth-order valence-corrected chi connectivity index (χ4v) is 0.305. The van der Waals surface area contributed by atoms with Gasteiger partial charge in [-0.05, 0) is 0 Å². The normalized spacial score (nSPS) is 15.3. The minimum atomic E-state index is -0.355. The second kappa shape index (κ2) is 4.34. The molecule has 0 fully saturated rings. The van der Waals surface area contributed by atoms with Crippen molar-refractivity contribution in [3.63, 3.8) is 0 Å². The van der Waals surface area contributed by atoms with Crippen LogP contribution in [0.3, 0.4) is 0 Å². The maximum Gasteiger partial charge on any atom is 0.157 e. The number of rotatable bonds is 2. The highest BCUT2D eigenvalue weighted by atomic mass is 35.5. The molecule has 0 bridgehead atoms. The fraction of sp³-hybridized carbons (Fsp3) is 1.00. The van der Waals surface area contributed by atoms with Gasteiger partial charge in [-0.15, -0.1) is 11.6 Å². The lowest BCUT2D eigenvalue weighted by atomic mass is 10.8. The molecule has 0 radical (unpaired) electrons. The zero-order valence-corrected chi connectivity index (χ0v) is 5.45. The number of azo groups is 1. The predicted octanol–water partition coefficient (Wildman–Crippen LogP) is 1.87. The van der Waals surface area contributed by atoms with Crippen LogP contribution < -0.4 is 0 Å². The third kappa shape index (κ3) is 4.02. The average molecular weight is 141 g/mol. The Labute approximate surface area is 52.5 Å². The molecule has 0 aromatic heterocycles. The van der Waals surface area contributed by atoms with Gasteiger partial charge in [-0.25, -0.2) is 0 Å². The first-order valence-corrected chi connectivity index (χ1v) is 2.77. The lowest BCUT2D eigenvalue weighted by molar-refractivity contribution is 0.916. The molecule has 0 aliphatic rings. The SMILES string of the molecule is CN=NC(Cl)CCl. The van der Waals surface area contributed by atoms with Gasteiger partial charge >= 0.3 is 0 Å². The van der Waals surface area contributed by atoms with Crippen LogP contribution in [-0.2, 0) is 0 Å². The summed E-state index contributed by atoms with van der Waals surface area (Å²) in [5.74, 6) is 0.318. The minimum absolute atomic E-state index is 0.318. The van der Waals surface area contributed by atoms with Gasteiger partial charge in [0.2, 0.25) is 0 Å². The highest BCUT2D eigenvalue weighted by Gasteiger charge is 1.93. The Balaban J connectivity index is 3.16. The molecule has 7 heavy (non-hydrogen) atoms. The van der Waals surface area contributed by atoms with Crippen molar-refractivity contribution in [2.45, 2.75) is 5.50 Å². The molecule has 0 aliphatic carbocycles. The minimum Gasteiger partial charge on any atom is -0.196 e. The van der Waals surface area contributed by atoms with Crippen LogP contribution in [0.2, 0.25) is 0 Å². The summed E-state index contributed by atoms with van der Waals surface area (Å²) in [6.45, 7) is 0. The van der Waals surface area contributed by atoms with E-state index in [2.05, 4.69) is 10.2 Å². The first-order valence-electron chi connectivity index (χ1n) is 1.80. The average Bonchev–Trinajstić information content (AvgIpc) is 1.68. The van der Waals surface area contributed by atoms with Gasteiger partial charge in [-0.1, -0.05) is 11.6 Å². The zero-order valence-electron chi connectivity index (χ0n) is 3.93. The third-order valence-corrected chi connectivity index (χ3v) is 1.06. The molecule has 2 nitrogen and oxygen atoms in total. The van der Waals surface area contributed by atoms with Crippen molar-refractivity contribution < 1.29 is 0 Å². The van der Waals surface area contributed by atoms with Gasteiger partial charge in [-0.2, -0.15) is 10.2 Å². The van der Waals surface area contributed by atoms with Gasteiger partial charge in [0, 0.05) is 7.05 Å². The first kappa shape index (κ1) is 7.18. The van der Waals surface area contributed by atoms with Crippen LogP contribution in [0, 0.1) is 0 Å². The van der Waals surface area contributed by atoms with Gasteiger partial charge in [0.25, 0.3) is 0 Å². The molecule has 0 amide bonds. The van der Waals surface area contributed by atoms with E-state index in [9.17, 15) is 0 Å². The van der Waals surface area contributed by atoms with Crippen LogP contribution in [0.25, 0.3) is 0 Å². The van der Waals surface area contributed by atoms with Crippen molar-refractivity contribution in [2.75, 3.05) is 12.9 Å². The molecule has 0 aliphatic heterocycles. The van der Waals surface area contributed by atoms with Gasteiger partial charge in [0.05, 0.1) is 5.88 Å². The Morgan fingerprint density at radius 2 is 2.29 bits per heavy atom. The lowest BCUT2D eigenvalue weighted by Gasteiger charge is -1.89. The molecule has 0 saturated carbocycles. The second-order valence-corrected chi connectivity index (χ2v) is 1.72.